The third kappa shape index (κ3) is 5.91. The zero-order chi connectivity index (χ0) is 12.0. The van der Waals surface area contributed by atoms with Crippen LogP contribution in [0, 0.1) is 0 Å². The van der Waals surface area contributed by atoms with Crippen molar-refractivity contribution in [2.75, 3.05) is 18.4 Å². The van der Waals surface area contributed by atoms with Crippen molar-refractivity contribution in [3.05, 3.63) is 0 Å². The first kappa shape index (κ1) is 1.45. The van der Waals surface area contributed by atoms with Crippen molar-refractivity contribution in [1.82, 2.24) is 0 Å². The smallest absolute Gasteiger partial charge is 0.148 e. The second-order valence-corrected chi connectivity index (χ2v) is 1.96. The third-order valence-electron chi connectivity index (χ3n) is 0.193. The first-order valence-electron chi connectivity index (χ1n) is 4.78. The van der Waals surface area contributed by atoms with Crippen LogP contribution in [0.1, 0.15) is 9.60 Å². The van der Waals surface area contributed by atoms with Gasteiger partial charge in [-0.25, -0.2) is 8.42 Å². The molecule has 0 rings (SSSR count). The van der Waals surface area contributed by atoms with E-state index in [0.29, 0.717) is 0 Å². The van der Waals surface area contributed by atoms with Gasteiger partial charge in [0, 0.05) is 22.3 Å². The zero-order valence-electron chi connectivity index (χ0n) is 10.3. The van der Waals surface area contributed by atoms with Crippen LogP contribution in [0.4, 0.5) is 0 Å². The van der Waals surface area contributed by atoms with E-state index in [4.69, 9.17) is 9.60 Å². The summed E-state index contributed by atoms with van der Waals surface area (Å²) in [5.74, 6) is 0. The lowest BCUT2D eigenvalue weighted by Crippen LogP contribution is -2.13. The van der Waals surface area contributed by atoms with E-state index in [9.17, 15) is 8.42 Å². The van der Waals surface area contributed by atoms with Crippen LogP contribution < -0.4 is 5.73 Å². The maximum atomic E-state index is 11.1. The predicted octanol–water partition coefficient (Wildman–Crippen LogP) is -1.01. The molecule has 44 valence electrons. The van der Waals surface area contributed by atoms with Crippen molar-refractivity contribution in [3.8, 4) is 0 Å². The van der Waals surface area contributed by atoms with E-state index < -0.39 is 28.2 Å². The van der Waals surface area contributed by atoms with E-state index in [0.717, 1.165) is 0 Å². The Hall–Kier alpha value is -0.0900. The Balaban J connectivity index is 5.56. The first-order chi connectivity index (χ1) is 5.75. The standard InChI is InChI=1S/C3H9NO2S/c1-7(5,6)3-2-4/h2-4H2,1H3/i1D3,2D2,3D2. The molecule has 0 bridgehead atoms. The van der Waals surface area contributed by atoms with Gasteiger partial charge in [0.25, 0.3) is 0 Å². The number of sulfone groups is 1. The highest BCUT2D eigenvalue weighted by Gasteiger charge is 1.95. The average Bonchev–Trinajstić information content (AvgIpc) is 1.81. The molecule has 3 nitrogen and oxygen atoms in total. The molecule has 0 amide bonds. The van der Waals surface area contributed by atoms with Gasteiger partial charge in [-0.3, -0.25) is 0 Å². The Kier molecular flexibility index (Phi) is 0.471. The maximum Gasteiger partial charge on any atom is 0.148 e. The highest BCUT2D eigenvalue weighted by Crippen LogP contribution is 1.75. The van der Waals surface area contributed by atoms with Gasteiger partial charge in [0.05, 0.1) is 5.70 Å². The van der Waals surface area contributed by atoms with E-state index in [1.165, 1.54) is 0 Å². The summed E-state index contributed by atoms with van der Waals surface area (Å²) in [7, 11) is -5.30. The van der Waals surface area contributed by atoms with Crippen molar-refractivity contribution in [3.63, 3.8) is 0 Å². The van der Waals surface area contributed by atoms with Crippen LogP contribution in [-0.4, -0.2) is 26.8 Å². The Bertz CT molecular complexity index is 311. The molecule has 0 saturated heterocycles. The fourth-order valence-electron chi connectivity index (χ4n) is 0.0776. The third-order valence-corrected chi connectivity index (χ3v) is 0.580. The molecular weight excluding hydrogens is 114 g/mol. The molecule has 7 heavy (non-hydrogen) atoms. The lowest BCUT2D eigenvalue weighted by Gasteiger charge is -1.87. The Labute approximate surface area is 53.3 Å². The molecule has 0 spiro atoms. The van der Waals surface area contributed by atoms with Gasteiger partial charge < -0.3 is 5.73 Å². The molecule has 0 atom stereocenters. The van der Waals surface area contributed by atoms with Gasteiger partial charge in [0.1, 0.15) is 9.84 Å². The molecule has 0 aliphatic carbocycles. The average molecular weight is 130 g/mol. The highest BCUT2D eigenvalue weighted by atomic mass is 32.2. The fourth-order valence-corrected chi connectivity index (χ4v) is 0.233. The van der Waals surface area contributed by atoms with Gasteiger partial charge in [-0.15, -0.1) is 0 Å². The second kappa shape index (κ2) is 2.28. The highest BCUT2D eigenvalue weighted by molar-refractivity contribution is 7.90. The van der Waals surface area contributed by atoms with E-state index in [-0.39, 0.29) is 0 Å². The van der Waals surface area contributed by atoms with Gasteiger partial charge in [-0.2, -0.15) is 0 Å². The van der Waals surface area contributed by atoms with Crippen LogP contribution in [0.2, 0.25) is 0 Å². The van der Waals surface area contributed by atoms with Crippen molar-refractivity contribution in [2.24, 2.45) is 5.73 Å². The van der Waals surface area contributed by atoms with Crippen LogP contribution in [0.25, 0.3) is 0 Å². The van der Waals surface area contributed by atoms with Gasteiger partial charge in [-0.1, -0.05) is 0 Å². The minimum Gasteiger partial charge on any atom is -0.329 e. The van der Waals surface area contributed by atoms with E-state index in [1.54, 1.807) is 0 Å². The van der Waals surface area contributed by atoms with Gasteiger partial charge in [-0.05, 0) is 0 Å². The molecule has 0 saturated carbocycles. The van der Waals surface area contributed by atoms with Gasteiger partial charge in [0.2, 0.25) is 0 Å². The van der Waals surface area contributed by atoms with Crippen LogP contribution >= 0.6 is 0 Å². The van der Waals surface area contributed by atoms with Crippen LogP contribution in [0.5, 0.6) is 0 Å². The molecule has 2 N–H and O–H groups in total. The lowest BCUT2D eigenvalue weighted by atomic mass is 10.8. The Morgan fingerprint density at radius 3 is 2.71 bits per heavy atom. The van der Waals surface area contributed by atoms with Crippen LogP contribution in [0.15, 0.2) is 0 Å². The Morgan fingerprint density at radius 2 is 2.57 bits per heavy atom. The molecule has 0 aromatic rings. The largest absolute Gasteiger partial charge is 0.329 e. The molecule has 0 aromatic carbocycles. The molecule has 4 heteroatoms. The van der Waals surface area contributed by atoms with E-state index in [2.05, 4.69) is 5.73 Å². The zero-order valence-corrected chi connectivity index (χ0v) is 4.12. The van der Waals surface area contributed by atoms with Crippen molar-refractivity contribution in [1.29, 1.82) is 0 Å². The maximum absolute atomic E-state index is 11.1. The number of hydrogen-bond donors (Lipinski definition) is 1. The summed E-state index contributed by atoms with van der Waals surface area (Å²) in [6, 6.07) is 0. The first-order valence-corrected chi connectivity index (χ1v) is 2.76. The summed E-state index contributed by atoms with van der Waals surface area (Å²) < 4.78 is 68.9. The summed E-state index contributed by atoms with van der Waals surface area (Å²) in [5, 5.41) is 0. The van der Waals surface area contributed by atoms with Crippen molar-refractivity contribution < 1.29 is 18.0 Å². The van der Waals surface area contributed by atoms with E-state index in [1.807, 2.05) is 0 Å². The molecule has 0 aliphatic rings. The summed E-state index contributed by atoms with van der Waals surface area (Å²) >= 11 is 0. The molecule has 0 aliphatic heterocycles. The number of hydrogen-bond acceptors (Lipinski definition) is 3. The van der Waals surface area contributed by atoms with Crippen molar-refractivity contribution >= 4 is 9.84 Å². The summed E-state index contributed by atoms with van der Waals surface area (Å²) in [4.78, 5) is 0. The second-order valence-electron chi connectivity index (χ2n) is 0.750. The normalized spacial score (nSPS) is 32.4. The fraction of sp³-hybridized carbons (Fsp3) is 1.00. The SMILES string of the molecule is [2H]C([2H])(N)C([2H])([2H])S(=O)(=O)C([2H])([2H])[2H]. The van der Waals surface area contributed by atoms with E-state index >= 15 is 0 Å². The topological polar surface area (TPSA) is 60.2 Å². The lowest BCUT2D eigenvalue weighted by molar-refractivity contribution is 0.601. The minimum atomic E-state index is -5.30. The summed E-state index contributed by atoms with van der Waals surface area (Å²) in [6.07, 6.45) is -3.64. The monoisotopic (exact) mass is 130 g/mol. The molecular formula is C3H9NO2S. The van der Waals surface area contributed by atoms with Gasteiger partial charge in [0.15, 0.2) is 0 Å². The molecule has 0 heterocycles. The quantitative estimate of drug-likeness (QED) is 0.521. The molecule has 0 fully saturated rings. The summed E-state index contributed by atoms with van der Waals surface area (Å²) in [6.45, 7) is -3.28. The molecule has 0 radical (unpaired) electrons. The van der Waals surface area contributed by atoms with Crippen molar-refractivity contribution in [2.45, 2.75) is 0 Å². The number of nitrogens with two attached hydrogens (primary N) is 1. The predicted molar refractivity (Wildman–Crippen MR) is 28.8 cm³/mol. The number of rotatable bonds is 2. The molecule has 0 aromatic heterocycles. The van der Waals surface area contributed by atoms with Crippen LogP contribution in [-0.2, 0) is 9.84 Å². The summed E-state index contributed by atoms with van der Waals surface area (Å²) in [5.41, 5.74) is 0.964. The van der Waals surface area contributed by atoms with Gasteiger partial charge >= 0.3 is 0 Å². The van der Waals surface area contributed by atoms with Crippen LogP contribution in [0.3, 0.4) is 0 Å². The minimum absolute atomic E-state index is 3.28. The Morgan fingerprint density at radius 1 is 2.00 bits per heavy atom. The molecule has 0 unspecified atom stereocenters.